The minimum Gasteiger partial charge on any atom is -0.343 e. The molecule has 0 aliphatic carbocycles. The van der Waals surface area contributed by atoms with Crippen molar-refractivity contribution in [1.82, 2.24) is 9.58 Å². The van der Waals surface area contributed by atoms with E-state index in [0.717, 1.165) is 35.6 Å². The number of aliphatic imine (C=N–C) groups is 1. The van der Waals surface area contributed by atoms with Gasteiger partial charge < -0.3 is 4.57 Å². The van der Waals surface area contributed by atoms with Crippen molar-refractivity contribution in [2.75, 3.05) is 0 Å². The summed E-state index contributed by atoms with van der Waals surface area (Å²) in [6.45, 7) is 2.69. The zero-order chi connectivity index (χ0) is 20.4. The summed E-state index contributed by atoms with van der Waals surface area (Å²) in [4.78, 5) is 16.8. The molecule has 0 unspecified atom stereocenters. The van der Waals surface area contributed by atoms with Gasteiger partial charge in [-0.2, -0.15) is 15.1 Å². The highest BCUT2D eigenvalue weighted by atomic mass is 35.5. The molecule has 3 heterocycles. The molecule has 0 radical (unpaired) electrons. The van der Waals surface area contributed by atoms with Crippen molar-refractivity contribution in [2.24, 2.45) is 10.1 Å². The Morgan fingerprint density at radius 3 is 2.86 bits per heavy atom. The number of nitrogens with zero attached hydrogens (tertiary/aromatic N) is 4. The molecule has 1 N–H and O–H groups in total. The van der Waals surface area contributed by atoms with Crippen LogP contribution < -0.4 is 0 Å². The number of benzene rings is 1. The largest absolute Gasteiger partial charge is 0.343 e. The number of hydrazone groups is 1. The lowest BCUT2D eigenvalue weighted by molar-refractivity contribution is -0.114. The maximum atomic E-state index is 12.6. The number of rotatable bonds is 6. The van der Waals surface area contributed by atoms with Gasteiger partial charge in [-0.1, -0.05) is 43.1 Å². The lowest BCUT2D eigenvalue weighted by atomic mass is 10.1. The first-order valence-corrected chi connectivity index (χ1v) is 10.6. The first-order chi connectivity index (χ1) is 14.1. The highest BCUT2D eigenvalue weighted by Gasteiger charge is 2.35. The lowest BCUT2D eigenvalue weighted by Crippen LogP contribution is -2.35. The Labute approximate surface area is 178 Å². The van der Waals surface area contributed by atoms with E-state index < -0.39 is 5.91 Å². The molecule has 0 bridgehead atoms. The van der Waals surface area contributed by atoms with Gasteiger partial charge in [-0.05, 0) is 54.4 Å². The van der Waals surface area contributed by atoms with Crippen molar-refractivity contribution in [3.8, 4) is 0 Å². The number of nitrogens with one attached hydrogen (secondary N) is 1. The smallest absolute Gasteiger partial charge is 0.283 e. The summed E-state index contributed by atoms with van der Waals surface area (Å²) in [5, 5.41) is 16.5. The Morgan fingerprint density at radius 1 is 1.24 bits per heavy atom. The zero-order valence-corrected chi connectivity index (χ0v) is 17.5. The monoisotopic (exact) mass is 425 g/mol. The van der Waals surface area contributed by atoms with Gasteiger partial charge in [0.15, 0.2) is 5.84 Å². The fraction of sp³-hybridized carbons (Fsp3) is 0.238. The Kier molecular flexibility index (Phi) is 5.69. The number of halogens is 1. The third-order valence-electron chi connectivity index (χ3n) is 4.70. The molecule has 2 aliphatic rings. The molecule has 1 aromatic carbocycles. The number of carbonyl (C=O) groups excluding carboxylic acids is 1. The summed E-state index contributed by atoms with van der Waals surface area (Å²) >= 11 is 7.66. The Bertz CT molecular complexity index is 1070. The standard InChI is InChI=1S/C21H20ClN5OS/c1-2-3-10-18-25-27-19(23)16(20(28)24-21(27)29-18)12-15-8-6-11-26(15)13-14-7-4-5-9-17(14)22/h4-9,11-12,23H,2-3,10,13H2,1H3/b16-12-,23-19?. The van der Waals surface area contributed by atoms with Gasteiger partial charge in [0.05, 0.1) is 5.57 Å². The zero-order valence-electron chi connectivity index (χ0n) is 15.9. The summed E-state index contributed by atoms with van der Waals surface area (Å²) in [7, 11) is 0. The van der Waals surface area contributed by atoms with Crippen LogP contribution in [0.1, 0.15) is 37.4 Å². The van der Waals surface area contributed by atoms with Crippen molar-refractivity contribution >= 4 is 51.4 Å². The molecule has 2 aromatic rings. The van der Waals surface area contributed by atoms with E-state index in [1.165, 1.54) is 16.8 Å². The number of hydrogen-bond donors (Lipinski definition) is 1. The number of aromatic nitrogens is 1. The van der Waals surface area contributed by atoms with Crippen LogP contribution in [0, 0.1) is 5.41 Å². The second-order valence-electron chi connectivity index (χ2n) is 6.77. The molecular weight excluding hydrogens is 406 g/mol. The lowest BCUT2D eigenvalue weighted by Gasteiger charge is -2.20. The van der Waals surface area contributed by atoms with Gasteiger partial charge >= 0.3 is 0 Å². The Balaban J connectivity index is 1.61. The van der Waals surface area contributed by atoms with E-state index in [2.05, 4.69) is 17.0 Å². The van der Waals surface area contributed by atoms with E-state index >= 15 is 0 Å². The maximum absolute atomic E-state index is 12.6. The van der Waals surface area contributed by atoms with Crippen LogP contribution in [0.15, 0.2) is 58.3 Å². The van der Waals surface area contributed by atoms with Crippen LogP contribution in [0.25, 0.3) is 6.08 Å². The van der Waals surface area contributed by atoms with Crippen LogP contribution in [0.4, 0.5) is 0 Å². The van der Waals surface area contributed by atoms with Crippen LogP contribution in [-0.2, 0) is 11.3 Å². The number of hydrogen-bond acceptors (Lipinski definition) is 4. The molecule has 29 heavy (non-hydrogen) atoms. The molecule has 0 saturated carbocycles. The van der Waals surface area contributed by atoms with Crippen molar-refractivity contribution < 1.29 is 4.79 Å². The molecule has 1 aromatic heterocycles. The van der Waals surface area contributed by atoms with E-state index in [1.54, 1.807) is 6.08 Å². The van der Waals surface area contributed by atoms with Crippen LogP contribution in [0.2, 0.25) is 5.02 Å². The van der Waals surface area contributed by atoms with Gasteiger partial charge in [0.2, 0.25) is 5.17 Å². The fourth-order valence-electron chi connectivity index (χ4n) is 3.12. The molecule has 6 nitrogen and oxygen atoms in total. The van der Waals surface area contributed by atoms with Gasteiger partial charge in [0.1, 0.15) is 5.04 Å². The minimum absolute atomic E-state index is 0.0597. The average Bonchev–Trinajstić information content (AvgIpc) is 3.32. The summed E-state index contributed by atoms with van der Waals surface area (Å²) < 4.78 is 1.99. The van der Waals surface area contributed by atoms with E-state index in [0.29, 0.717) is 16.7 Å². The molecule has 0 atom stereocenters. The molecule has 0 fully saturated rings. The number of unbranched alkanes of at least 4 members (excludes halogenated alkanes) is 1. The average molecular weight is 426 g/mol. The highest BCUT2D eigenvalue weighted by Crippen LogP contribution is 2.30. The molecule has 4 rings (SSSR count). The topological polar surface area (TPSA) is 73.8 Å². The number of amidine groups is 2. The molecule has 0 spiro atoms. The Hall–Kier alpha value is -2.64. The van der Waals surface area contributed by atoms with E-state index in [4.69, 9.17) is 17.0 Å². The van der Waals surface area contributed by atoms with Crippen molar-refractivity contribution in [3.05, 3.63) is 64.4 Å². The first kappa shape index (κ1) is 19.7. The van der Waals surface area contributed by atoms with E-state index in [-0.39, 0.29) is 11.4 Å². The predicted octanol–water partition coefficient (Wildman–Crippen LogP) is 5.00. The summed E-state index contributed by atoms with van der Waals surface area (Å²) in [6, 6.07) is 11.5. The molecule has 148 valence electrons. The third-order valence-corrected chi connectivity index (χ3v) is 6.03. The van der Waals surface area contributed by atoms with E-state index in [1.807, 2.05) is 47.2 Å². The van der Waals surface area contributed by atoms with Gasteiger partial charge in [-0.15, -0.1) is 0 Å². The van der Waals surface area contributed by atoms with Crippen molar-refractivity contribution in [3.63, 3.8) is 0 Å². The quantitative estimate of drug-likeness (QED) is 0.662. The molecule has 2 aliphatic heterocycles. The third kappa shape index (κ3) is 4.06. The van der Waals surface area contributed by atoms with Crippen LogP contribution in [0.3, 0.4) is 0 Å². The van der Waals surface area contributed by atoms with E-state index in [9.17, 15) is 4.79 Å². The predicted molar refractivity (Wildman–Crippen MR) is 120 cm³/mol. The van der Waals surface area contributed by atoms with Crippen molar-refractivity contribution in [1.29, 1.82) is 5.41 Å². The Morgan fingerprint density at radius 2 is 2.07 bits per heavy atom. The van der Waals surface area contributed by atoms with Crippen LogP contribution >= 0.6 is 23.4 Å². The minimum atomic E-state index is -0.411. The number of fused-ring (bicyclic) bond motifs is 1. The SMILES string of the molecule is CCCCC1=NN2C(=N)/C(=C/c3cccn3Cc3ccccc3Cl)C(=O)N=C2S1. The summed E-state index contributed by atoms with van der Waals surface area (Å²) in [6.07, 6.45) is 6.54. The number of amides is 1. The molecule has 1 amide bonds. The van der Waals surface area contributed by atoms with Gasteiger partial charge in [0, 0.05) is 23.5 Å². The fourth-order valence-corrected chi connectivity index (χ4v) is 4.24. The van der Waals surface area contributed by atoms with Gasteiger partial charge in [-0.3, -0.25) is 10.2 Å². The van der Waals surface area contributed by atoms with Gasteiger partial charge in [0.25, 0.3) is 5.91 Å². The van der Waals surface area contributed by atoms with Gasteiger partial charge in [-0.25, -0.2) is 0 Å². The molecule has 8 heteroatoms. The molecule has 0 saturated heterocycles. The van der Waals surface area contributed by atoms with Crippen LogP contribution in [0.5, 0.6) is 0 Å². The second kappa shape index (κ2) is 8.39. The number of thioether (sulfide) groups is 1. The normalized spacial score (nSPS) is 17.6. The maximum Gasteiger partial charge on any atom is 0.283 e. The van der Waals surface area contributed by atoms with Crippen LogP contribution in [-0.4, -0.2) is 31.5 Å². The van der Waals surface area contributed by atoms with Crippen molar-refractivity contribution in [2.45, 2.75) is 32.7 Å². The second-order valence-corrected chi connectivity index (χ2v) is 8.22. The number of carbonyl (C=O) groups is 1. The highest BCUT2D eigenvalue weighted by molar-refractivity contribution is 8.26. The molecular formula is C21H20ClN5OS. The summed E-state index contributed by atoms with van der Waals surface area (Å²) in [5.41, 5.74) is 2.02. The first-order valence-electron chi connectivity index (χ1n) is 9.44. The summed E-state index contributed by atoms with van der Waals surface area (Å²) in [5.74, 6) is -0.351.